The number of carbonyl (C=O) groups is 2. The van der Waals surface area contributed by atoms with Gasteiger partial charge in [-0.2, -0.15) is 0 Å². The summed E-state index contributed by atoms with van der Waals surface area (Å²) in [4.78, 5) is 45.0. The first-order valence-electron chi connectivity index (χ1n) is 13.3. The van der Waals surface area contributed by atoms with Crippen molar-refractivity contribution in [2.75, 3.05) is 29.9 Å². The van der Waals surface area contributed by atoms with Crippen LogP contribution < -0.4 is 15.4 Å². The van der Waals surface area contributed by atoms with E-state index in [0.717, 1.165) is 22.4 Å². The molecule has 0 aliphatic carbocycles. The summed E-state index contributed by atoms with van der Waals surface area (Å²) in [5, 5.41) is 1.63. The zero-order valence-corrected chi connectivity index (χ0v) is 22.9. The normalized spacial score (nSPS) is 15.2. The molecule has 2 aromatic carbocycles. The number of rotatable bonds is 8. The summed E-state index contributed by atoms with van der Waals surface area (Å²) in [7, 11) is 1.73. The van der Waals surface area contributed by atoms with Crippen LogP contribution in [0.5, 0.6) is 0 Å². The van der Waals surface area contributed by atoms with E-state index < -0.39 is 5.41 Å². The van der Waals surface area contributed by atoms with Crippen molar-refractivity contribution in [1.82, 2.24) is 9.47 Å². The Morgan fingerprint density at radius 2 is 1.69 bits per heavy atom. The van der Waals surface area contributed by atoms with Gasteiger partial charge in [0, 0.05) is 44.8 Å². The third-order valence-electron chi connectivity index (χ3n) is 7.54. The number of carbonyl (C=O) groups excluding carboxylic acids is 2. The Kier molecular flexibility index (Phi) is 7.14. The van der Waals surface area contributed by atoms with Crippen molar-refractivity contribution in [3.8, 4) is 0 Å². The summed E-state index contributed by atoms with van der Waals surface area (Å²) in [5.74, 6) is 0.394. The molecule has 0 radical (unpaired) electrons. The Bertz CT molecular complexity index is 1570. The minimum absolute atomic E-state index is 0.0110. The average Bonchev–Trinajstić information content (AvgIpc) is 3.44. The van der Waals surface area contributed by atoms with Gasteiger partial charge in [-0.15, -0.1) is 0 Å². The van der Waals surface area contributed by atoms with E-state index >= 15 is 0 Å². The molecule has 202 valence electrons. The Labute approximate surface area is 228 Å². The van der Waals surface area contributed by atoms with Gasteiger partial charge in [0.05, 0.1) is 24.2 Å². The molecular weight excluding hydrogens is 492 g/mol. The van der Waals surface area contributed by atoms with Crippen LogP contribution in [-0.4, -0.2) is 41.4 Å². The molecule has 1 aliphatic rings. The molecule has 0 saturated heterocycles. The first-order chi connectivity index (χ1) is 18.7. The molecule has 0 saturated carbocycles. The molecule has 0 bridgehead atoms. The van der Waals surface area contributed by atoms with E-state index in [0.29, 0.717) is 43.8 Å². The Morgan fingerprint density at radius 1 is 0.897 bits per heavy atom. The second kappa shape index (κ2) is 10.5. The molecule has 8 nitrogen and oxygen atoms in total. The van der Waals surface area contributed by atoms with Gasteiger partial charge >= 0.3 is 0 Å². The van der Waals surface area contributed by atoms with Crippen LogP contribution in [0.3, 0.4) is 0 Å². The highest BCUT2D eigenvalue weighted by Crippen LogP contribution is 2.39. The second-order valence-electron chi connectivity index (χ2n) is 10.6. The monoisotopic (exact) mass is 526 g/mol. The van der Waals surface area contributed by atoms with Crippen LogP contribution in [0.4, 0.5) is 11.4 Å². The Balaban J connectivity index is 1.43. The van der Waals surface area contributed by atoms with Crippen molar-refractivity contribution in [3.63, 3.8) is 0 Å². The van der Waals surface area contributed by atoms with E-state index in [4.69, 9.17) is 4.42 Å². The molecule has 1 aliphatic heterocycles. The maximum Gasteiger partial charge on any atom is 0.258 e. The lowest BCUT2D eigenvalue weighted by atomic mass is 9.90. The molecule has 2 aromatic heterocycles. The first-order valence-corrected chi connectivity index (χ1v) is 13.3. The summed E-state index contributed by atoms with van der Waals surface area (Å²) in [5.41, 5.74) is 1.27. The van der Waals surface area contributed by atoms with Crippen molar-refractivity contribution in [2.45, 2.75) is 40.4 Å². The van der Waals surface area contributed by atoms with Crippen molar-refractivity contribution in [1.29, 1.82) is 0 Å². The van der Waals surface area contributed by atoms with Gasteiger partial charge in [0.1, 0.15) is 11.2 Å². The van der Waals surface area contributed by atoms with Crippen LogP contribution in [0.15, 0.2) is 82.3 Å². The molecule has 39 heavy (non-hydrogen) atoms. The molecule has 0 atom stereocenters. The van der Waals surface area contributed by atoms with Crippen LogP contribution in [0.25, 0.3) is 10.8 Å². The molecule has 0 fully saturated rings. The lowest BCUT2D eigenvalue weighted by molar-refractivity contribution is -0.137. The van der Waals surface area contributed by atoms with Gasteiger partial charge in [0.25, 0.3) is 5.56 Å². The number of nitrogens with zero attached hydrogens (tertiary/aromatic N) is 4. The van der Waals surface area contributed by atoms with Gasteiger partial charge in [-0.25, -0.2) is 0 Å². The lowest BCUT2D eigenvalue weighted by Gasteiger charge is -2.27. The zero-order chi connectivity index (χ0) is 27.7. The molecule has 2 amide bonds. The smallest absolute Gasteiger partial charge is 0.258 e. The topological polar surface area (TPSA) is 79.0 Å². The SMILES string of the molecule is CCN1C(=O)C(C)(C)C(=O)N(C)c2cc(CN(CCn3ccc4ccccc4c3=O)Cc3ccco3)ccc21. The molecule has 4 aromatic rings. The number of amides is 2. The predicted octanol–water partition coefficient (Wildman–Crippen LogP) is 4.65. The number of hydrogen-bond donors (Lipinski definition) is 0. The number of hydrogen-bond acceptors (Lipinski definition) is 5. The largest absolute Gasteiger partial charge is 0.468 e. The third-order valence-corrected chi connectivity index (χ3v) is 7.54. The molecule has 8 heteroatoms. The van der Waals surface area contributed by atoms with E-state index in [9.17, 15) is 14.4 Å². The van der Waals surface area contributed by atoms with Gasteiger partial charge in [0.15, 0.2) is 0 Å². The number of benzene rings is 2. The maximum absolute atomic E-state index is 13.3. The van der Waals surface area contributed by atoms with Gasteiger partial charge < -0.3 is 18.8 Å². The molecule has 5 rings (SSSR count). The molecule has 0 N–H and O–H groups in total. The highest BCUT2D eigenvalue weighted by molar-refractivity contribution is 6.19. The zero-order valence-electron chi connectivity index (χ0n) is 22.9. The van der Waals surface area contributed by atoms with Crippen LogP contribution in [0.2, 0.25) is 0 Å². The highest BCUT2D eigenvalue weighted by Gasteiger charge is 2.45. The van der Waals surface area contributed by atoms with Crippen molar-refractivity contribution in [2.24, 2.45) is 5.41 Å². The van der Waals surface area contributed by atoms with Crippen molar-refractivity contribution in [3.05, 3.63) is 94.8 Å². The van der Waals surface area contributed by atoms with Gasteiger partial charge in [0.2, 0.25) is 11.8 Å². The van der Waals surface area contributed by atoms with E-state index in [1.54, 1.807) is 41.5 Å². The van der Waals surface area contributed by atoms with Gasteiger partial charge in [-0.05, 0) is 68.1 Å². The van der Waals surface area contributed by atoms with Crippen LogP contribution >= 0.6 is 0 Å². The number of pyridine rings is 1. The van der Waals surface area contributed by atoms with E-state index in [-0.39, 0.29) is 17.4 Å². The Morgan fingerprint density at radius 3 is 2.44 bits per heavy atom. The summed E-state index contributed by atoms with van der Waals surface area (Å²) in [6.45, 7) is 8.02. The fourth-order valence-electron chi connectivity index (χ4n) is 5.30. The van der Waals surface area contributed by atoms with Crippen molar-refractivity contribution >= 4 is 34.0 Å². The number of fused-ring (bicyclic) bond motifs is 2. The predicted molar refractivity (Wildman–Crippen MR) is 153 cm³/mol. The molecule has 3 heterocycles. The minimum Gasteiger partial charge on any atom is -0.468 e. The highest BCUT2D eigenvalue weighted by atomic mass is 16.3. The van der Waals surface area contributed by atoms with Crippen LogP contribution in [0, 0.1) is 5.41 Å². The molecule has 0 spiro atoms. The number of aromatic nitrogens is 1. The minimum atomic E-state index is -1.15. The summed E-state index contributed by atoms with van der Waals surface area (Å²) in [6, 6.07) is 19.3. The fourth-order valence-corrected chi connectivity index (χ4v) is 5.30. The van der Waals surface area contributed by atoms with E-state index in [1.165, 1.54) is 0 Å². The number of anilines is 2. The number of furan rings is 1. The van der Waals surface area contributed by atoms with Crippen molar-refractivity contribution < 1.29 is 14.0 Å². The van der Waals surface area contributed by atoms with Gasteiger partial charge in [-0.1, -0.05) is 24.3 Å². The molecular formula is C31H34N4O4. The lowest BCUT2D eigenvalue weighted by Crippen LogP contribution is -2.47. The van der Waals surface area contributed by atoms with E-state index in [1.807, 2.05) is 73.8 Å². The molecule has 0 unspecified atom stereocenters. The second-order valence-corrected chi connectivity index (χ2v) is 10.6. The van der Waals surface area contributed by atoms with E-state index in [2.05, 4.69) is 4.90 Å². The quantitative estimate of drug-likeness (QED) is 0.312. The standard InChI is InChI=1S/C31H34N4O4/c1-5-35-26-13-12-22(19-27(26)32(4)29(37)31(2,3)30(35)38)20-33(21-24-10-8-18-39-24)16-17-34-15-14-23-9-6-7-11-25(23)28(34)36/h6-15,18-19H,5,16-17,20-21H2,1-4H3. The maximum atomic E-state index is 13.3. The summed E-state index contributed by atoms with van der Waals surface area (Å²) < 4.78 is 7.37. The fraction of sp³-hybridized carbons (Fsp3) is 0.323. The summed E-state index contributed by atoms with van der Waals surface area (Å²) in [6.07, 6.45) is 3.50. The third kappa shape index (κ3) is 5.00. The average molecular weight is 527 g/mol. The first kappa shape index (κ1) is 26.4. The Hall–Kier alpha value is -4.17. The van der Waals surface area contributed by atoms with Crippen LogP contribution in [0.1, 0.15) is 32.1 Å². The van der Waals surface area contributed by atoms with Crippen LogP contribution in [-0.2, 0) is 29.2 Å². The summed E-state index contributed by atoms with van der Waals surface area (Å²) >= 11 is 0. The van der Waals surface area contributed by atoms with Gasteiger partial charge in [-0.3, -0.25) is 19.3 Å².